The highest BCUT2D eigenvalue weighted by molar-refractivity contribution is 7.07. The van der Waals surface area contributed by atoms with E-state index >= 15 is 0 Å². The molecule has 0 spiro atoms. The van der Waals surface area contributed by atoms with Crippen molar-refractivity contribution in [3.63, 3.8) is 0 Å². The van der Waals surface area contributed by atoms with Crippen molar-refractivity contribution in [1.82, 2.24) is 10.2 Å². The van der Waals surface area contributed by atoms with Gasteiger partial charge in [-0.05, 0) is 62.2 Å². The Balaban J connectivity index is 1.69. The molecule has 1 fully saturated rings. The van der Waals surface area contributed by atoms with Crippen molar-refractivity contribution in [2.24, 2.45) is 0 Å². The third kappa shape index (κ3) is 3.30. The lowest BCUT2D eigenvalue weighted by molar-refractivity contribution is 0.293. The first-order valence-corrected chi connectivity index (χ1v) is 7.14. The number of likely N-dealkylation sites (tertiary alicyclic amines) is 1. The topological polar surface area (TPSA) is 15.3 Å². The minimum Gasteiger partial charge on any atom is -0.312 e. The van der Waals surface area contributed by atoms with Crippen molar-refractivity contribution in [3.8, 4) is 0 Å². The van der Waals surface area contributed by atoms with E-state index in [1.807, 2.05) is 0 Å². The van der Waals surface area contributed by atoms with Crippen LogP contribution in [0, 0.1) is 0 Å². The van der Waals surface area contributed by atoms with Gasteiger partial charge in [-0.25, -0.2) is 0 Å². The molecular weight excluding hydrogens is 216 g/mol. The molecule has 0 bridgehead atoms. The molecule has 1 aliphatic heterocycles. The monoisotopic (exact) mass is 238 g/mol. The molecule has 2 atom stereocenters. The van der Waals surface area contributed by atoms with Gasteiger partial charge in [0, 0.05) is 18.6 Å². The number of likely N-dealkylation sites (N-methyl/N-ethyl adjacent to an activating group) is 1. The molecule has 1 N–H and O–H groups in total. The normalized spacial score (nSPS) is 23.8. The third-order valence-electron chi connectivity index (χ3n) is 3.50. The largest absolute Gasteiger partial charge is 0.312 e. The lowest BCUT2D eigenvalue weighted by Gasteiger charge is -2.22. The Morgan fingerprint density at radius 3 is 3.12 bits per heavy atom. The predicted molar refractivity (Wildman–Crippen MR) is 71.1 cm³/mol. The zero-order valence-corrected chi connectivity index (χ0v) is 11.1. The van der Waals surface area contributed by atoms with Crippen molar-refractivity contribution in [1.29, 1.82) is 0 Å². The predicted octanol–water partition coefficient (Wildman–Crippen LogP) is 2.36. The molecule has 0 radical (unpaired) electrons. The average Bonchev–Trinajstić information content (AvgIpc) is 2.87. The third-order valence-corrected chi connectivity index (χ3v) is 4.23. The summed E-state index contributed by atoms with van der Waals surface area (Å²) in [4.78, 5) is 2.48. The summed E-state index contributed by atoms with van der Waals surface area (Å²) < 4.78 is 0. The molecule has 1 aliphatic rings. The van der Waals surface area contributed by atoms with E-state index in [-0.39, 0.29) is 0 Å². The van der Waals surface area contributed by atoms with Crippen LogP contribution in [-0.2, 0) is 6.42 Å². The molecule has 16 heavy (non-hydrogen) atoms. The van der Waals surface area contributed by atoms with Crippen LogP contribution in [0.1, 0.15) is 25.3 Å². The van der Waals surface area contributed by atoms with Gasteiger partial charge >= 0.3 is 0 Å². The molecule has 0 amide bonds. The molecule has 2 unspecified atom stereocenters. The first kappa shape index (κ1) is 12.1. The second-order valence-electron chi connectivity index (χ2n) is 4.92. The van der Waals surface area contributed by atoms with E-state index in [1.165, 1.54) is 24.9 Å². The zero-order valence-electron chi connectivity index (χ0n) is 10.3. The Bertz CT molecular complexity index is 297. The summed E-state index contributed by atoms with van der Waals surface area (Å²) >= 11 is 1.79. The molecule has 2 heterocycles. The quantitative estimate of drug-likeness (QED) is 0.847. The van der Waals surface area contributed by atoms with E-state index in [1.54, 1.807) is 11.3 Å². The van der Waals surface area contributed by atoms with Gasteiger partial charge < -0.3 is 10.2 Å². The molecule has 1 saturated heterocycles. The van der Waals surface area contributed by atoms with Crippen LogP contribution in [0.15, 0.2) is 16.8 Å². The SMILES string of the molecule is CC(Cc1ccsc1)NCC1CCCN1C. The van der Waals surface area contributed by atoms with Gasteiger partial charge in [0.05, 0.1) is 0 Å². The zero-order chi connectivity index (χ0) is 11.4. The number of rotatable bonds is 5. The van der Waals surface area contributed by atoms with E-state index in [9.17, 15) is 0 Å². The van der Waals surface area contributed by atoms with Gasteiger partial charge in [-0.3, -0.25) is 0 Å². The van der Waals surface area contributed by atoms with E-state index < -0.39 is 0 Å². The highest BCUT2D eigenvalue weighted by Crippen LogP contribution is 2.14. The molecule has 0 aromatic carbocycles. The van der Waals surface area contributed by atoms with Gasteiger partial charge in [-0.2, -0.15) is 11.3 Å². The van der Waals surface area contributed by atoms with Crippen LogP contribution in [0.5, 0.6) is 0 Å². The van der Waals surface area contributed by atoms with Gasteiger partial charge in [0.1, 0.15) is 0 Å². The average molecular weight is 238 g/mol. The maximum atomic E-state index is 3.66. The fourth-order valence-electron chi connectivity index (χ4n) is 2.41. The summed E-state index contributed by atoms with van der Waals surface area (Å²) in [5.74, 6) is 0. The molecule has 90 valence electrons. The lowest BCUT2D eigenvalue weighted by Crippen LogP contribution is -2.39. The Morgan fingerprint density at radius 2 is 2.50 bits per heavy atom. The van der Waals surface area contributed by atoms with Gasteiger partial charge in [0.2, 0.25) is 0 Å². The second-order valence-corrected chi connectivity index (χ2v) is 5.70. The van der Waals surface area contributed by atoms with E-state index in [0.29, 0.717) is 6.04 Å². The lowest BCUT2D eigenvalue weighted by atomic mass is 10.1. The molecule has 1 aromatic rings. The van der Waals surface area contributed by atoms with Crippen molar-refractivity contribution in [2.75, 3.05) is 20.1 Å². The van der Waals surface area contributed by atoms with E-state index in [2.05, 4.69) is 41.0 Å². The van der Waals surface area contributed by atoms with Crippen LogP contribution in [0.4, 0.5) is 0 Å². The molecular formula is C13H22N2S. The van der Waals surface area contributed by atoms with Crippen molar-refractivity contribution in [3.05, 3.63) is 22.4 Å². The summed E-state index contributed by atoms with van der Waals surface area (Å²) in [5, 5.41) is 8.07. The van der Waals surface area contributed by atoms with Crippen molar-refractivity contribution < 1.29 is 0 Å². The standard InChI is InChI=1S/C13H22N2S/c1-11(8-12-5-7-16-10-12)14-9-13-4-3-6-15(13)2/h5,7,10-11,13-14H,3-4,6,8-9H2,1-2H3. The van der Waals surface area contributed by atoms with Gasteiger partial charge in [0.25, 0.3) is 0 Å². The summed E-state index contributed by atoms with van der Waals surface area (Å²) in [5.41, 5.74) is 1.46. The highest BCUT2D eigenvalue weighted by Gasteiger charge is 2.20. The Hall–Kier alpha value is -0.380. The van der Waals surface area contributed by atoms with Crippen LogP contribution >= 0.6 is 11.3 Å². The molecule has 2 rings (SSSR count). The van der Waals surface area contributed by atoms with Crippen LogP contribution in [0.2, 0.25) is 0 Å². The summed E-state index contributed by atoms with van der Waals surface area (Å²) in [7, 11) is 2.24. The Morgan fingerprint density at radius 1 is 1.62 bits per heavy atom. The number of thiophene rings is 1. The Kier molecular flexibility index (Phi) is 4.38. The molecule has 3 heteroatoms. The van der Waals surface area contributed by atoms with Crippen molar-refractivity contribution in [2.45, 2.75) is 38.3 Å². The van der Waals surface area contributed by atoms with Crippen molar-refractivity contribution >= 4 is 11.3 Å². The number of nitrogens with zero attached hydrogens (tertiary/aromatic N) is 1. The van der Waals surface area contributed by atoms with Crippen LogP contribution in [0.3, 0.4) is 0 Å². The van der Waals surface area contributed by atoms with E-state index in [0.717, 1.165) is 19.0 Å². The first-order valence-electron chi connectivity index (χ1n) is 6.20. The van der Waals surface area contributed by atoms with Crippen LogP contribution in [0.25, 0.3) is 0 Å². The number of hydrogen-bond donors (Lipinski definition) is 1. The van der Waals surface area contributed by atoms with Crippen LogP contribution in [-0.4, -0.2) is 37.1 Å². The summed E-state index contributed by atoms with van der Waals surface area (Å²) in [6, 6.07) is 3.57. The fraction of sp³-hybridized carbons (Fsp3) is 0.692. The highest BCUT2D eigenvalue weighted by atomic mass is 32.1. The van der Waals surface area contributed by atoms with Crippen LogP contribution < -0.4 is 5.32 Å². The molecule has 0 saturated carbocycles. The van der Waals surface area contributed by atoms with Gasteiger partial charge in [-0.15, -0.1) is 0 Å². The fourth-order valence-corrected chi connectivity index (χ4v) is 3.09. The first-order chi connectivity index (χ1) is 7.75. The smallest absolute Gasteiger partial charge is 0.0218 e. The van der Waals surface area contributed by atoms with Gasteiger partial charge in [0.15, 0.2) is 0 Å². The minimum absolute atomic E-state index is 0.587. The molecule has 1 aromatic heterocycles. The number of nitrogens with one attached hydrogen (secondary N) is 1. The van der Waals surface area contributed by atoms with E-state index in [4.69, 9.17) is 0 Å². The number of hydrogen-bond acceptors (Lipinski definition) is 3. The second kappa shape index (κ2) is 5.80. The summed E-state index contributed by atoms with van der Waals surface area (Å²) in [6.07, 6.45) is 3.87. The minimum atomic E-state index is 0.587. The van der Waals surface area contributed by atoms with Gasteiger partial charge in [-0.1, -0.05) is 0 Å². The maximum absolute atomic E-state index is 3.66. The summed E-state index contributed by atoms with van der Waals surface area (Å²) in [6.45, 7) is 4.69. The molecule has 2 nitrogen and oxygen atoms in total. The maximum Gasteiger partial charge on any atom is 0.0218 e. The molecule has 0 aliphatic carbocycles. The Labute approximate surface area is 103 Å².